The van der Waals surface area contributed by atoms with E-state index in [0.717, 1.165) is 22.0 Å². The van der Waals surface area contributed by atoms with Crippen molar-refractivity contribution in [2.75, 3.05) is 5.32 Å². The first kappa shape index (κ1) is 17.4. The first-order chi connectivity index (χ1) is 12.2. The minimum absolute atomic E-state index is 0.289. The second-order valence-electron chi connectivity index (χ2n) is 5.01. The number of thiazole rings is 1. The molecule has 3 aromatic heterocycles. The first-order valence-corrected chi connectivity index (χ1v) is 9.49. The van der Waals surface area contributed by atoms with Crippen molar-refractivity contribution in [3.63, 3.8) is 0 Å². The van der Waals surface area contributed by atoms with Crippen molar-refractivity contribution in [1.29, 1.82) is 0 Å². The van der Waals surface area contributed by atoms with E-state index in [2.05, 4.69) is 25.6 Å². The average Bonchev–Trinajstić information content (AvgIpc) is 3.28. The lowest BCUT2D eigenvalue weighted by molar-refractivity contribution is 0.251. The molecule has 0 radical (unpaired) electrons. The summed E-state index contributed by atoms with van der Waals surface area (Å²) in [6.45, 7) is 2.46. The summed E-state index contributed by atoms with van der Waals surface area (Å²) in [5.74, 6) is 2.21. The van der Waals surface area contributed by atoms with E-state index >= 15 is 0 Å². The lowest BCUT2D eigenvalue weighted by Crippen LogP contribution is -2.28. The molecule has 130 valence electrons. The SMILES string of the molecule is CCc1cnc(CSc2cnc(NC(=O)NCc3ccncc3)s2)o1. The molecule has 3 heterocycles. The molecule has 9 heteroatoms. The largest absolute Gasteiger partial charge is 0.445 e. The third-order valence-corrected chi connectivity index (χ3v) is 5.29. The number of thioether (sulfide) groups is 1. The standard InChI is InChI=1S/C16H17N5O2S2/c1-2-12-8-18-13(23-12)10-24-14-9-20-16(25-14)21-15(22)19-7-11-3-5-17-6-4-11/h3-6,8-9H,2,7,10H2,1H3,(H2,19,20,21,22). The van der Waals surface area contributed by atoms with E-state index < -0.39 is 0 Å². The Balaban J connectivity index is 1.45. The molecule has 0 aliphatic heterocycles. The zero-order valence-corrected chi connectivity index (χ0v) is 15.2. The summed E-state index contributed by atoms with van der Waals surface area (Å²) in [7, 11) is 0. The normalized spacial score (nSPS) is 10.6. The van der Waals surface area contributed by atoms with Crippen LogP contribution in [0, 0.1) is 0 Å². The molecule has 0 spiro atoms. The monoisotopic (exact) mass is 375 g/mol. The fraction of sp³-hybridized carbons (Fsp3) is 0.250. The van der Waals surface area contributed by atoms with Crippen LogP contribution in [0.4, 0.5) is 9.93 Å². The van der Waals surface area contributed by atoms with Crippen LogP contribution in [0.2, 0.25) is 0 Å². The number of carbonyl (C=O) groups is 1. The number of aryl methyl sites for hydroxylation is 1. The summed E-state index contributed by atoms with van der Waals surface area (Å²) in [5.41, 5.74) is 0.984. The fourth-order valence-corrected chi connectivity index (χ4v) is 3.64. The van der Waals surface area contributed by atoms with E-state index in [4.69, 9.17) is 4.42 Å². The van der Waals surface area contributed by atoms with E-state index in [0.29, 0.717) is 23.3 Å². The molecule has 3 rings (SSSR count). The van der Waals surface area contributed by atoms with Crippen LogP contribution in [-0.2, 0) is 18.7 Å². The van der Waals surface area contributed by atoms with Gasteiger partial charge in [-0.25, -0.2) is 14.8 Å². The highest BCUT2D eigenvalue weighted by atomic mass is 32.2. The molecule has 2 N–H and O–H groups in total. The molecule has 0 aromatic carbocycles. The Hall–Kier alpha value is -2.39. The van der Waals surface area contributed by atoms with Gasteiger partial charge in [-0.2, -0.15) is 0 Å². The lowest BCUT2D eigenvalue weighted by Gasteiger charge is -2.04. The highest BCUT2D eigenvalue weighted by Crippen LogP contribution is 2.30. The molecule has 0 unspecified atom stereocenters. The van der Waals surface area contributed by atoms with Gasteiger partial charge >= 0.3 is 6.03 Å². The van der Waals surface area contributed by atoms with Crippen LogP contribution in [0.1, 0.15) is 24.1 Å². The van der Waals surface area contributed by atoms with Gasteiger partial charge in [0.15, 0.2) is 5.13 Å². The van der Waals surface area contributed by atoms with Gasteiger partial charge in [-0.05, 0) is 17.7 Å². The van der Waals surface area contributed by atoms with Gasteiger partial charge in [0.2, 0.25) is 5.89 Å². The van der Waals surface area contributed by atoms with E-state index in [1.807, 2.05) is 19.1 Å². The molecule has 2 amide bonds. The van der Waals surface area contributed by atoms with E-state index in [9.17, 15) is 4.79 Å². The Morgan fingerprint density at radius 1 is 1.28 bits per heavy atom. The maximum absolute atomic E-state index is 11.9. The predicted octanol–water partition coefficient (Wildman–Crippen LogP) is 3.70. The summed E-state index contributed by atoms with van der Waals surface area (Å²) >= 11 is 2.99. The molecule has 7 nitrogen and oxygen atoms in total. The third kappa shape index (κ3) is 5.30. The Kier molecular flexibility index (Phi) is 6.02. The summed E-state index contributed by atoms with van der Waals surface area (Å²) in [6, 6.07) is 3.42. The number of rotatable bonds is 7. The number of aromatic nitrogens is 3. The van der Waals surface area contributed by atoms with Gasteiger partial charge in [-0.1, -0.05) is 18.3 Å². The lowest BCUT2D eigenvalue weighted by atomic mass is 10.3. The second kappa shape index (κ2) is 8.63. The maximum Gasteiger partial charge on any atom is 0.321 e. The Labute approximate surface area is 153 Å². The third-order valence-electron chi connectivity index (χ3n) is 3.20. The van der Waals surface area contributed by atoms with Crippen molar-refractivity contribution in [2.24, 2.45) is 0 Å². The van der Waals surface area contributed by atoms with Crippen molar-refractivity contribution in [3.8, 4) is 0 Å². The highest BCUT2D eigenvalue weighted by molar-refractivity contribution is 8.00. The summed E-state index contributed by atoms with van der Waals surface area (Å²) in [6.07, 6.45) is 7.70. The van der Waals surface area contributed by atoms with E-state index in [-0.39, 0.29) is 6.03 Å². The summed E-state index contributed by atoms with van der Waals surface area (Å²) < 4.78 is 6.55. The molecular formula is C16H17N5O2S2. The smallest absolute Gasteiger partial charge is 0.321 e. The summed E-state index contributed by atoms with van der Waals surface area (Å²) in [5, 5.41) is 6.07. The molecule has 0 aliphatic rings. The van der Waals surface area contributed by atoms with Crippen molar-refractivity contribution in [2.45, 2.75) is 29.9 Å². The minimum atomic E-state index is -0.289. The van der Waals surface area contributed by atoms with Crippen molar-refractivity contribution in [3.05, 3.63) is 54.1 Å². The van der Waals surface area contributed by atoms with Crippen molar-refractivity contribution in [1.82, 2.24) is 20.3 Å². The number of anilines is 1. The topological polar surface area (TPSA) is 92.9 Å². The Morgan fingerprint density at radius 2 is 2.12 bits per heavy atom. The van der Waals surface area contributed by atoms with Crippen LogP contribution in [0.25, 0.3) is 0 Å². The Bertz CT molecular complexity index is 819. The molecule has 0 aliphatic carbocycles. The fourth-order valence-electron chi connectivity index (χ4n) is 1.92. The van der Waals surface area contributed by atoms with Crippen LogP contribution in [-0.4, -0.2) is 21.0 Å². The quantitative estimate of drug-likeness (QED) is 0.612. The molecule has 0 fully saturated rings. The van der Waals surface area contributed by atoms with Gasteiger partial charge in [0.25, 0.3) is 0 Å². The van der Waals surface area contributed by atoms with Gasteiger partial charge in [-0.15, -0.1) is 11.8 Å². The van der Waals surface area contributed by atoms with Gasteiger partial charge in [-0.3, -0.25) is 10.3 Å². The number of carbonyl (C=O) groups excluding carboxylic acids is 1. The number of hydrogen-bond acceptors (Lipinski definition) is 7. The van der Waals surface area contributed by atoms with Gasteiger partial charge in [0, 0.05) is 25.4 Å². The first-order valence-electron chi connectivity index (χ1n) is 7.69. The maximum atomic E-state index is 11.9. The number of nitrogens with zero attached hydrogens (tertiary/aromatic N) is 3. The molecule has 0 saturated carbocycles. The van der Waals surface area contributed by atoms with Gasteiger partial charge in [0.05, 0.1) is 22.4 Å². The van der Waals surface area contributed by atoms with Crippen molar-refractivity contribution < 1.29 is 9.21 Å². The Morgan fingerprint density at radius 3 is 2.88 bits per heavy atom. The zero-order valence-electron chi connectivity index (χ0n) is 13.6. The number of amides is 2. The average molecular weight is 375 g/mol. The number of oxazole rings is 1. The van der Waals surface area contributed by atoms with Gasteiger partial charge < -0.3 is 9.73 Å². The molecule has 3 aromatic rings. The number of urea groups is 1. The molecule has 0 saturated heterocycles. The van der Waals surface area contributed by atoms with Crippen molar-refractivity contribution >= 4 is 34.3 Å². The van der Waals surface area contributed by atoms with E-state index in [1.54, 1.807) is 36.5 Å². The zero-order chi connectivity index (χ0) is 17.5. The van der Waals surface area contributed by atoms with Crippen LogP contribution < -0.4 is 10.6 Å². The number of pyridine rings is 1. The molecule has 0 atom stereocenters. The number of nitrogens with one attached hydrogen (secondary N) is 2. The summed E-state index contributed by atoms with van der Waals surface area (Å²) in [4.78, 5) is 24.3. The molecule has 0 bridgehead atoms. The predicted molar refractivity (Wildman–Crippen MR) is 97.7 cm³/mol. The molecular weight excluding hydrogens is 358 g/mol. The minimum Gasteiger partial charge on any atom is -0.445 e. The van der Waals surface area contributed by atoms with Gasteiger partial charge in [0.1, 0.15) is 5.76 Å². The van der Waals surface area contributed by atoms with Crippen LogP contribution in [0.15, 0.2) is 45.5 Å². The van der Waals surface area contributed by atoms with Crippen LogP contribution >= 0.6 is 23.1 Å². The van der Waals surface area contributed by atoms with E-state index in [1.165, 1.54) is 11.3 Å². The number of hydrogen-bond donors (Lipinski definition) is 2. The highest BCUT2D eigenvalue weighted by Gasteiger charge is 2.09. The van der Waals surface area contributed by atoms with Crippen LogP contribution in [0.5, 0.6) is 0 Å². The molecule has 25 heavy (non-hydrogen) atoms. The van der Waals surface area contributed by atoms with Crippen LogP contribution in [0.3, 0.4) is 0 Å². The second-order valence-corrected chi connectivity index (χ2v) is 7.32.